The summed E-state index contributed by atoms with van der Waals surface area (Å²) < 4.78 is 1.83. The van der Waals surface area contributed by atoms with E-state index in [1.165, 1.54) is 11.1 Å². The zero-order valence-electron chi connectivity index (χ0n) is 11.3. The van der Waals surface area contributed by atoms with E-state index >= 15 is 0 Å². The fourth-order valence-corrected chi connectivity index (χ4v) is 2.27. The third-order valence-corrected chi connectivity index (χ3v) is 2.93. The lowest BCUT2D eigenvalue weighted by Crippen LogP contribution is -2.06. The molecule has 0 aliphatic heterocycles. The van der Waals surface area contributed by atoms with E-state index in [1.54, 1.807) is 0 Å². The van der Waals surface area contributed by atoms with Crippen LogP contribution in [0.25, 0.3) is 5.69 Å². The number of rotatable bonds is 3. The molecule has 0 amide bonds. The molecule has 0 fully saturated rings. The maximum atomic E-state index is 9.32. The van der Waals surface area contributed by atoms with Crippen LogP contribution in [0.1, 0.15) is 42.3 Å². The van der Waals surface area contributed by atoms with Gasteiger partial charge in [0.25, 0.3) is 0 Å². The van der Waals surface area contributed by atoms with Crippen molar-refractivity contribution in [3.8, 4) is 5.69 Å². The van der Waals surface area contributed by atoms with E-state index in [4.69, 9.17) is 0 Å². The highest BCUT2D eigenvalue weighted by atomic mass is 16.3. The highest BCUT2D eigenvalue weighted by Crippen LogP contribution is 2.22. The SMILES string of the molecule is Cc1cc(C)cc(-n2nnc(CO)c2C(C)C)c1. The van der Waals surface area contributed by atoms with Gasteiger partial charge in [-0.05, 0) is 43.0 Å². The van der Waals surface area contributed by atoms with E-state index in [0.29, 0.717) is 5.69 Å². The molecule has 0 atom stereocenters. The second-order valence-corrected chi connectivity index (χ2v) is 4.99. The maximum Gasteiger partial charge on any atom is 0.112 e. The van der Waals surface area contributed by atoms with Gasteiger partial charge in [0.1, 0.15) is 5.69 Å². The van der Waals surface area contributed by atoms with E-state index in [9.17, 15) is 5.11 Å². The van der Waals surface area contributed by atoms with Crippen LogP contribution in [0.4, 0.5) is 0 Å². The molecule has 0 bridgehead atoms. The number of aliphatic hydroxyl groups is 1. The van der Waals surface area contributed by atoms with Gasteiger partial charge in [-0.1, -0.05) is 25.1 Å². The normalized spacial score (nSPS) is 11.2. The number of hydrogen-bond donors (Lipinski definition) is 1. The molecule has 0 radical (unpaired) electrons. The van der Waals surface area contributed by atoms with E-state index in [1.807, 2.05) is 4.68 Å². The minimum absolute atomic E-state index is 0.0711. The fraction of sp³-hybridized carbons (Fsp3) is 0.429. The van der Waals surface area contributed by atoms with Crippen LogP contribution < -0.4 is 0 Å². The van der Waals surface area contributed by atoms with Crippen molar-refractivity contribution < 1.29 is 5.11 Å². The first-order valence-corrected chi connectivity index (χ1v) is 6.17. The lowest BCUT2D eigenvalue weighted by molar-refractivity contribution is 0.275. The Kier molecular flexibility index (Phi) is 3.48. The van der Waals surface area contributed by atoms with Crippen LogP contribution in [-0.4, -0.2) is 20.1 Å². The highest BCUT2D eigenvalue weighted by molar-refractivity contribution is 5.40. The molecule has 2 rings (SSSR count). The Balaban J connectivity index is 2.60. The first-order chi connectivity index (χ1) is 8.52. The van der Waals surface area contributed by atoms with Gasteiger partial charge in [-0.15, -0.1) is 5.10 Å². The lowest BCUT2D eigenvalue weighted by Gasteiger charge is -2.11. The quantitative estimate of drug-likeness (QED) is 0.904. The van der Waals surface area contributed by atoms with Gasteiger partial charge >= 0.3 is 0 Å². The van der Waals surface area contributed by atoms with Crippen molar-refractivity contribution in [2.24, 2.45) is 0 Å². The van der Waals surface area contributed by atoms with Crippen LogP contribution in [0.5, 0.6) is 0 Å². The molecule has 0 unspecified atom stereocenters. The fourth-order valence-electron chi connectivity index (χ4n) is 2.27. The van der Waals surface area contributed by atoms with Crippen molar-refractivity contribution in [1.29, 1.82) is 0 Å². The van der Waals surface area contributed by atoms with Crippen LogP contribution in [0.3, 0.4) is 0 Å². The summed E-state index contributed by atoms with van der Waals surface area (Å²) in [6, 6.07) is 6.28. The molecule has 0 spiro atoms. The minimum atomic E-state index is -0.0711. The molecule has 0 aliphatic carbocycles. The molecule has 4 nitrogen and oxygen atoms in total. The van der Waals surface area contributed by atoms with E-state index in [2.05, 4.69) is 56.2 Å². The smallest absolute Gasteiger partial charge is 0.112 e. The van der Waals surface area contributed by atoms with Crippen LogP contribution in [0.2, 0.25) is 0 Å². The molecule has 1 heterocycles. The van der Waals surface area contributed by atoms with E-state index in [-0.39, 0.29) is 12.5 Å². The summed E-state index contributed by atoms with van der Waals surface area (Å²) in [4.78, 5) is 0. The standard InChI is InChI=1S/C14H19N3O/c1-9(2)14-13(8-18)15-16-17(14)12-6-10(3)5-11(4)7-12/h5-7,9,18H,8H2,1-4H3. The number of nitrogens with zero attached hydrogens (tertiary/aromatic N) is 3. The molecule has 0 saturated heterocycles. The number of aromatic nitrogens is 3. The van der Waals surface area contributed by atoms with Gasteiger partial charge in [-0.2, -0.15) is 0 Å². The Morgan fingerprint density at radius 2 is 1.78 bits per heavy atom. The van der Waals surface area contributed by atoms with Gasteiger partial charge in [-0.3, -0.25) is 0 Å². The molecule has 96 valence electrons. The van der Waals surface area contributed by atoms with Crippen molar-refractivity contribution in [2.75, 3.05) is 0 Å². The predicted octanol–water partition coefficient (Wildman–Crippen LogP) is 2.50. The zero-order valence-corrected chi connectivity index (χ0v) is 11.3. The Morgan fingerprint density at radius 1 is 1.17 bits per heavy atom. The third-order valence-electron chi connectivity index (χ3n) is 2.93. The van der Waals surface area contributed by atoms with Crippen LogP contribution in [-0.2, 0) is 6.61 Å². The monoisotopic (exact) mass is 245 g/mol. The van der Waals surface area contributed by atoms with Gasteiger partial charge < -0.3 is 5.11 Å². The van der Waals surface area contributed by atoms with Crippen molar-refractivity contribution >= 4 is 0 Å². The number of benzene rings is 1. The molecule has 1 N–H and O–H groups in total. The first-order valence-electron chi connectivity index (χ1n) is 6.17. The molecular weight excluding hydrogens is 226 g/mol. The average molecular weight is 245 g/mol. The highest BCUT2D eigenvalue weighted by Gasteiger charge is 2.16. The molecule has 1 aromatic heterocycles. The van der Waals surface area contributed by atoms with Crippen molar-refractivity contribution in [1.82, 2.24) is 15.0 Å². The summed E-state index contributed by atoms with van der Waals surface area (Å²) in [5.74, 6) is 0.267. The van der Waals surface area contributed by atoms with Crippen LogP contribution in [0.15, 0.2) is 18.2 Å². The van der Waals surface area contributed by atoms with Crippen molar-refractivity contribution in [2.45, 2.75) is 40.2 Å². The Morgan fingerprint density at radius 3 is 2.28 bits per heavy atom. The largest absolute Gasteiger partial charge is 0.390 e. The summed E-state index contributed by atoms with van der Waals surface area (Å²) in [5.41, 5.74) is 5.02. The van der Waals surface area contributed by atoms with Gasteiger partial charge in [0, 0.05) is 0 Å². The lowest BCUT2D eigenvalue weighted by atomic mass is 10.1. The first kappa shape index (κ1) is 12.8. The molecule has 0 aliphatic rings. The molecule has 1 aromatic carbocycles. The molecule has 0 saturated carbocycles. The van der Waals surface area contributed by atoms with Gasteiger partial charge in [-0.25, -0.2) is 4.68 Å². The average Bonchev–Trinajstić information content (AvgIpc) is 2.71. The second kappa shape index (κ2) is 4.90. The van der Waals surface area contributed by atoms with Crippen LogP contribution >= 0.6 is 0 Å². The Bertz CT molecular complexity index is 538. The molecule has 4 heteroatoms. The predicted molar refractivity (Wildman–Crippen MR) is 70.8 cm³/mol. The minimum Gasteiger partial charge on any atom is -0.390 e. The summed E-state index contributed by atoms with van der Waals surface area (Å²) in [6.07, 6.45) is 0. The van der Waals surface area contributed by atoms with E-state index in [0.717, 1.165) is 11.4 Å². The van der Waals surface area contributed by atoms with Crippen molar-refractivity contribution in [3.63, 3.8) is 0 Å². The van der Waals surface area contributed by atoms with E-state index < -0.39 is 0 Å². The number of aliphatic hydroxyl groups excluding tert-OH is 1. The molecular formula is C14H19N3O. The van der Waals surface area contributed by atoms with Gasteiger partial charge in [0.05, 0.1) is 18.0 Å². The zero-order chi connectivity index (χ0) is 13.3. The Labute approximate surface area is 107 Å². The van der Waals surface area contributed by atoms with Crippen molar-refractivity contribution in [3.05, 3.63) is 40.7 Å². The summed E-state index contributed by atoms with van der Waals surface area (Å²) in [6.45, 7) is 8.22. The summed E-state index contributed by atoms with van der Waals surface area (Å²) in [7, 11) is 0. The Hall–Kier alpha value is -1.68. The number of aryl methyl sites for hydroxylation is 2. The summed E-state index contributed by atoms with van der Waals surface area (Å²) >= 11 is 0. The topological polar surface area (TPSA) is 50.9 Å². The number of hydrogen-bond acceptors (Lipinski definition) is 3. The third kappa shape index (κ3) is 2.29. The second-order valence-electron chi connectivity index (χ2n) is 4.99. The van der Waals surface area contributed by atoms with Gasteiger partial charge in [0.2, 0.25) is 0 Å². The summed E-state index contributed by atoms with van der Waals surface area (Å²) in [5, 5.41) is 17.5. The molecule has 2 aromatic rings. The maximum absolute atomic E-state index is 9.32. The van der Waals surface area contributed by atoms with Crippen LogP contribution in [0, 0.1) is 13.8 Å². The molecule has 18 heavy (non-hydrogen) atoms. The van der Waals surface area contributed by atoms with Gasteiger partial charge in [0.15, 0.2) is 0 Å².